The number of hydrogen-bond donors (Lipinski definition) is 0. The average Bonchev–Trinajstić information content (AvgIpc) is 2.72. The van der Waals surface area contributed by atoms with Gasteiger partial charge >= 0.3 is 0 Å². The van der Waals surface area contributed by atoms with Gasteiger partial charge in [0.2, 0.25) is 5.88 Å². The lowest BCUT2D eigenvalue weighted by molar-refractivity contribution is 0.393. The van der Waals surface area contributed by atoms with Gasteiger partial charge in [0.25, 0.3) is 0 Å². The van der Waals surface area contributed by atoms with Crippen LogP contribution in [0.2, 0.25) is 0 Å². The van der Waals surface area contributed by atoms with Gasteiger partial charge in [-0.2, -0.15) is 4.98 Å². The molecule has 6 heteroatoms. The SMILES string of the molecule is CCc1cc(Oc2ccccc2)nc(SCc2cc(OC)cc(OC)c2)n1. The lowest BCUT2D eigenvalue weighted by Gasteiger charge is -2.10. The van der Waals surface area contributed by atoms with Gasteiger partial charge in [0.15, 0.2) is 5.16 Å². The van der Waals surface area contributed by atoms with Crippen LogP contribution in [0.3, 0.4) is 0 Å². The number of aromatic nitrogens is 2. The first-order valence-electron chi connectivity index (χ1n) is 8.65. The van der Waals surface area contributed by atoms with Crippen LogP contribution in [0.15, 0.2) is 59.8 Å². The Kier molecular flexibility index (Phi) is 6.54. The van der Waals surface area contributed by atoms with E-state index in [1.165, 1.54) is 0 Å². The highest BCUT2D eigenvalue weighted by Crippen LogP contribution is 2.29. The molecule has 1 heterocycles. The molecule has 0 spiro atoms. The van der Waals surface area contributed by atoms with Gasteiger partial charge in [-0.3, -0.25) is 0 Å². The van der Waals surface area contributed by atoms with E-state index in [0.717, 1.165) is 34.9 Å². The summed E-state index contributed by atoms with van der Waals surface area (Å²) in [5.41, 5.74) is 2.02. The fourth-order valence-corrected chi connectivity index (χ4v) is 3.25. The van der Waals surface area contributed by atoms with E-state index in [9.17, 15) is 0 Å². The zero-order valence-corrected chi connectivity index (χ0v) is 16.5. The van der Waals surface area contributed by atoms with Gasteiger partial charge in [0.1, 0.15) is 17.2 Å². The largest absolute Gasteiger partial charge is 0.497 e. The third kappa shape index (κ3) is 5.37. The summed E-state index contributed by atoms with van der Waals surface area (Å²) in [4.78, 5) is 9.15. The predicted octanol–water partition coefficient (Wildman–Crippen LogP) is 5.14. The van der Waals surface area contributed by atoms with E-state index in [1.54, 1.807) is 26.0 Å². The predicted molar refractivity (Wildman–Crippen MR) is 107 cm³/mol. The number of benzene rings is 2. The Bertz CT molecular complexity index is 866. The van der Waals surface area contributed by atoms with Crippen LogP contribution in [-0.4, -0.2) is 24.2 Å². The minimum Gasteiger partial charge on any atom is -0.497 e. The number of ether oxygens (including phenoxy) is 3. The zero-order chi connectivity index (χ0) is 19.1. The van der Waals surface area contributed by atoms with Crippen molar-refractivity contribution in [1.29, 1.82) is 0 Å². The Morgan fingerprint density at radius 2 is 1.56 bits per heavy atom. The summed E-state index contributed by atoms with van der Waals surface area (Å²) in [5, 5.41) is 0.682. The van der Waals surface area contributed by atoms with Gasteiger partial charge in [0, 0.05) is 23.6 Å². The van der Waals surface area contributed by atoms with Crippen LogP contribution in [0, 0.1) is 0 Å². The molecule has 0 aliphatic carbocycles. The van der Waals surface area contributed by atoms with Gasteiger partial charge in [-0.1, -0.05) is 36.9 Å². The summed E-state index contributed by atoms with van der Waals surface area (Å²) in [7, 11) is 3.29. The summed E-state index contributed by atoms with van der Waals surface area (Å²) in [6.07, 6.45) is 0.814. The molecule has 2 aromatic carbocycles. The topological polar surface area (TPSA) is 53.5 Å². The normalized spacial score (nSPS) is 10.5. The van der Waals surface area contributed by atoms with E-state index >= 15 is 0 Å². The number of para-hydroxylation sites is 1. The molecule has 0 aliphatic heterocycles. The van der Waals surface area contributed by atoms with Gasteiger partial charge < -0.3 is 14.2 Å². The van der Waals surface area contributed by atoms with Crippen molar-refractivity contribution in [1.82, 2.24) is 9.97 Å². The molecular weight excluding hydrogens is 360 g/mol. The number of hydrogen-bond acceptors (Lipinski definition) is 6. The molecule has 140 valence electrons. The summed E-state index contributed by atoms with van der Waals surface area (Å²) in [6, 6.07) is 17.3. The smallest absolute Gasteiger partial charge is 0.223 e. The number of rotatable bonds is 8. The fourth-order valence-electron chi connectivity index (χ4n) is 2.45. The van der Waals surface area contributed by atoms with Crippen molar-refractivity contribution < 1.29 is 14.2 Å². The van der Waals surface area contributed by atoms with Crippen LogP contribution in [0.5, 0.6) is 23.1 Å². The summed E-state index contributed by atoms with van der Waals surface area (Å²) >= 11 is 1.55. The van der Waals surface area contributed by atoms with Crippen molar-refractivity contribution in [3.63, 3.8) is 0 Å². The van der Waals surface area contributed by atoms with E-state index in [-0.39, 0.29) is 0 Å². The highest BCUT2D eigenvalue weighted by Gasteiger charge is 2.09. The minimum absolute atomic E-state index is 0.554. The molecule has 0 bridgehead atoms. The van der Waals surface area contributed by atoms with Gasteiger partial charge in [-0.05, 0) is 36.2 Å². The fraction of sp³-hybridized carbons (Fsp3) is 0.238. The number of aryl methyl sites for hydroxylation is 1. The molecule has 0 unspecified atom stereocenters. The highest BCUT2D eigenvalue weighted by molar-refractivity contribution is 7.98. The standard InChI is InChI=1S/C21H22N2O3S/c1-4-16-12-20(26-17-8-6-5-7-9-17)23-21(22-16)27-14-15-10-18(24-2)13-19(11-15)25-3/h5-13H,4,14H2,1-3H3. The van der Waals surface area contributed by atoms with E-state index in [4.69, 9.17) is 14.2 Å². The second kappa shape index (κ2) is 9.28. The first kappa shape index (κ1) is 19.0. The summed E-state index contributed by atoms with van der Waals surface area (Å²) in [6.45, 7) is 2.07. The van der Waals surface area contributed by atoms with Crippen LogP contribution in [-0.2, 0) is 12.2 Å². The lowest BCUT2D eigenvalue weighted by atomic mass is 10.2. The monoisotopic (exact) mass is 382 g/mol. The van der Waals surface area contributed by atoms with Gasteiger partial charge in [-0.25, -0.2) is 4.98 Å². The van der Waals surface area contributed by atoms with Gasteiger partial charge in [-0.15, -0.1) is 0 Å². The maximum absolute atomic E-state index is 5.88. The second-order valence-corrected chi connectivity index (χ2v) is 6.70. The molecule has 0 atom stereocenters. The average molecular weight is 382 g/mol. The molecule has 0 saturated heterocycles. The van der Waals surface area contributed by atoms with E-state index < -0.39 is 0 Å². The Hall–Kier alpha value is -2.73. The molecule has 5 nitrogen and oxygen atoms in total. The Labute approximate surface area is 163 Å². The lowest BCUT2D eigenvalue weighted by Crippen LogP contribution is -1.97. The zero-order valence-electron chi connectivity index (χ0n) is 15.6. The molecule has 0 aliphatic rings. The Morgan fingerprint density at radius 1 is 0.852 bits per heavy atom. The third-order valence-electron chi connectivity index (χ3n) is 3.84. The highest BCUT2D eigenvalue weighted by atomic mass is 32.2. The number of nitrogens with zero attached hydrogens (tertiary/aromatic N) is 2. The van der Waals surface area contributed by atoms with Crippen LogP contribution in [0.25, 0.3) is 0 Å². The van der Waals surface area contributed by atoms with Gasteiger partial charge in [0.05, 0.1) is 14.2 Å². The first-order chi connectivity index (χ1) is 13.2. The maximum atomic E-state index is 5.88. The van der Waals surface area contributed by atoms with Crippen LogP contribution in [0.1, 0.15) is 18.2 Å². The number of thioether (sulfide) groups is 1. The molecule has 27 heavy (non-hydrogen) atoms. The maximum Gasteiger partial charge on any atom is 0.223 e. The van der Waals surface area contributed by atoms with Crippen molar-refractivity contribution >= 4 is 11.8 Å². The van der Waals surface area contributed by atoms with Crippen LogP contribution < -0.4 is 14.2 Å². The molecule has 0 N–H and O–H groups in total. The third-order valence-corrected chi connectivity index (χ3v) is 4.76. The van der Waals surface area contributed by atoms with Crippen molar-refractivity contribution in [2.45, 2.75) is 24.3 Å². The van der Waals surface area contributed by atoms with E-state index in [0.29, 0.717) is 16.8 Å². The van der Waals surface area contributed by atoms with Crippen molar-refractivity contribution in [2.24, 2.45) is 0 Å². The molecule has 3 aromatic rings. The molecule has 0 radical (unpaired) electrons. The minimum atomic E-state index is 0.554. The van der Waals surface area contributed by atoms with Crippen molar-refractivity contribution in [3.05, 3.63) is 65.9 Å². The number of methoxy groups -OCH3 is 2. The Morgan fingerprint density at radius 3 is 2.19 bits per heavy atom. The Balaban J connectivity index is 1.77. The van der Waals surface area contributed by atoms with E-state index in [2.05, 4.69) is 16.9 Å². The molecule has 0 fully saturated rings. The molecular formula is C21H22N2O3S. The molecule has 0 saturated carbocycles. The van der Waals surface area contributed by atoms with Crippen molar-refractivity contribution in [2.75, 3.05) is 14.2 Å². The second-order valence-electron chi connectivity index (χ2n) is 5.76. The van der Waals surface area contributed by atoms with Crippen molar-refractivity contribution in [3.8, 4) is 23.1 Å². The van der Waals surface area contributed by atoms with Crippen LogP contribution >= 0.6 is 11.8 Å². The molecule has 1 aromatic heterocycles. The quantitative estimate of drug-likeness (QED) is 0.397. The van der Waals surface area contributed by atoms with Crippen LogP contribution in [0.4, 0.5) is 0 Å². The first-order valence-corrected chi connectivity index (χ1v) is 9.64. The van der Waals surface area contributed by atoms with E-state index in [1.807, 2.05) is 54.6 Å². The summed E-state index contributed by atoms with van der Waals surface area (Å²) in [5.74, 6) is 3.54. The summed E-state index contributed by atoms with van der Waals surface area (Å²) < 4.78 is 16.5. The molecule has 3 rings (SSSR count). The molecule has 0 amide bonds.